The highest BCUT2D eigenvalue weighted by Gasteiger charge is 1.93. The molecule has 2 heteroatoms. The summed E-state index contributed by atoms with van der Waals surface area (Å²) < 4.78 is 0. The van der Waals surface area contributed by atoms with Crippen LogP contribution in [-0.2, 0) is 0 Å². The maximum absolute atomic E-state index is 3.60. The number of rotatable bonds is 2. The third kappa shape index (κ3) is 1.07. The van der Waals surface area contributed by atoms with Gasteiger partial charge in [0.1, 0.15) is 0 Å². The van der Waals surface area contributed by atoms with Crippen LogP contribution in [0, 0.1) is 0 Å². The molecule has 0 amide bonds. The van der Waals surface area contributed by atoms with Crippen molar-refractivity contribution in [3.05, 3.63) is 43.2 Å². The first-order valence-corrected chi connectivity index (χ1v) is 3.85. The van der Waals surface area contributed by atoms with Gasteiger partial charge in [-0.1, -0.05) is 6.58 Å². The van der Waals surface area contributed by atoms with Gasteiger partial charge in [0, 0.05) is 22.8 Å². The Labute approximate surface area is 70.9 Å². The molecule has 2 aromatic rings. The van der Waals surface area contributed by atoms with Crippen molar-refractivity contribution in [3.8, 4) is 0 Å². The molecule has 0 saturated carbocycles. The number of hydrogen-bond donors (Lipinski definition) is 2. The molecule has 1 heterocycles. The minimum atomic E-state index is 1.07. The second kappa shape index (κ2) is 2.74. The first-order valence-electron chi connectivity index (χ1n) is 3.85. The van der Waals surface area contributed by atoms with Crippen molar-refractivity contribution < 1.29 is 0 Å². The summed E-state index contributed by atoms with van der Waals surface area (Å²) in [6.45, 7) is 3.60. The first kappa shape index (κ1) is 6.98. The molecule has 0 unspecified atom stereocenters. The lowest BCUT2D eigenvalue weighted by Gasteiger charge is -1.98. The van der Waals surface area contributed by atoms with Crippen LogP contribution in [0.25, 0.3) is 10.9 Å². The molecule has 2 rings (SSSR count). The minimum Gasteiger partial charge on any atom is -0.362 e. The summed E-state index contributed by atoms with van der Waals surface area (Å²) in [4.78, 5) is 3.14. The van der Waals surface area contributed by atoms with E-state index in [2.05, 4.69) is 22.9 Å². The van der Waals surface area contributed by atoms with E-state index in [9.17, 15) is 0 Å². The highest BCUT2D eigenvalue weighted by molar-refractivity contribution is 5.83. The second-order valence-electron chi connectivity index (χ2n) is 2.63. The van der Waals surface area contributed by atoms with Crippen LogP contribution < -0.4 is 5.32 Å². The van der Waals surface area contributed by atoms with Gasteiger partial charge in [0.25, 0.3) is 0 Å². The number of aromatic amines is 1. The van der Waals surface area contributed by atoms with Gasteiger partial charge in [-0.3, -0.25) is 0 Å². The molecular formula is C10H10N2. The molecule has 0 aliphatic heterocycles. The molecule has 0 aliphatic carbocycles. The Kier molecular flexibility index (Phi) is 1.59. The molecule has 0 radical (unpaired) electrons. The first-order chi connectivity index (χ1) is 5.90. The van der Waals surface area contributed by atoms with E-state index in [-0.39, 0.29) is 0 Å². The van der Waals surface area contributed by atoms with Crippen LogP contribution in [0.1, 0.15) is 0 Å². The van der Waals surface area contributed by atoms with Crippen LogP contribution in [0.2, 0.25) is 0 Å². The minimum absolute atomic E-state index is 1.07. The molecule has 1 aromatic heterocycles. The van der Waals surface area contributed by atoms with E-state index in [1.54, 1.807) is 6.20 Å². The van der Waals surface area contributed by atoms with Crippen LogP contribution in [0.4, 0.5) is 5.69 Å². The maximum Gasteiger partial charge on any atom is 0.0455 e. The number of H-pyrrole nitrogens is 1. The van der Waals surface area contributed by atoms with Crippen molar-refractivity contribution in [1.82, 2.24) is 4.98 Å². The van der Waals surface area contributed by atoms with Crippen molar-refractivity contribution in [2.45, 2.75) is 0 Å². The molecule has 0 spiro atoms. The van der Waals surface area contributed by atoms with Crippen molar-refractivity contribution in [2.75, 3.05) is 5.32 Å². The standard InChI is InChI=1S/C10H10N2/c1-2-11-9-3-4-10-8(7-9)5-6-12-10/h2-7,11-12H,1H2. The van der Waals surface area contributed by atoms with E-state index < -0.39 is 0 Å². The summed E-state index contributed by atoms with van der Waals surface area (Å²) in [5.74, 6) is 0. The Hall–Kier alpha value is -1.70. The summed E-state index contributed by atoms with van der Waals surface area (Å²) in [7, 11) is 0. The number of fused-ring (bicyclic) bond motifs is 1. The third-order valence-electron chi connectivity index (χ3n) is 1.82. The lowest BCUT2D eigenvalue weighted by atomic mass is 10.2. The zero-order valence-corrected chi connectivity index (χ0v) is 6.67. The largest absolute Gasteiger partial charge is 0.362 e. The lowest BCUT2D eigenvalue weighted by molar-refractivity contribution is 1.48. The molecule has 2 nitrogen and oxygen atoms in total. The molecule has 0 aliphatic rings. The van der Waals surface area contributed by atoms with E-state index in [4.69, 9.17) is 0 Å². The van der Waals surface area contributed by atoms with Crippen molar-refractivity contribution >= 4 is 16.6 Å². The summed E-state index contributed by atoms with van der Waals surface area (Å²) in [5, 5.41) is 4.25. The Morgan fingerprint density at radius 3 is 3.08 bits per heavy atom. The molecule has 12 heavy (non-hydrogen) atoms. The molecule has 2 N–H and O–H groups in total. The normalized spacial score (nSPS) is 10.0. The van der Waals surface area contributed by atoms with Gasteiger partial charge >= 0.3 is 0 Å². The quantitative estimate of drug-likeness (QED) is 0.691. The lowest BCUT2D eigenvalue weighted by Crippen LogP contribution is -1.84. The molecule has 0 saturated heterocycles. The molecule has 60 valence electrons. The van der Waals surface area contributed by atoms with Crippen LogP contribution >= 0.6 is 0 Å². The van der Waals surface area contributed by atoms with Gasteiger partial charge in [0.15, 0.2) is 0 Å². The van der Waals surface area contributed by atoms with Crippen LogP contribution in [0.3, 0.4) is 0 Å². The zero-order valence-electron chi connectivity index (χ0n) is 6.67. The third-order valence-corrected chi connectivity index (χ3v) is 1.82. The Morgan fingerprint density at radius 2 is 2.25 bits per heavy atom. The van der Waals surface area contributed by atoms with Crippen molar-refractivity contribution in [2.24, 2.45) is 0 Å². The summed E-state index contributed by atoms with van der Waals surface area (Å²) in [5.41, 5.74) is 2.22. The number of benzene rings is 1. The van der Waals surface area contributed by atoms with Crippen LogP contribution in [0.5, 0.6) is 0 Å². The van der Waals surface area contributed by atoms with Gasteiger partial charge in [0.05, 0.1) is 0 Å². The average molecular weight is 158 g/mol. The number of anilines is 1. The number of hydrogen-bond acceptors (Lipinski definition) is 1. The van der Waals surface area contributed by atoms with Gasteiger partial charge in [-0.05, 0) is 30.5 Å². The fourth-order valence-electron chi connectivity index (χ4n) is 1.26. The predicted octanol–water partition coefficient (Wildman–Crippen LogP) is 2.72. The molecular weight excluding hydrogens is 148 g/mol. The van der Waals surface area contributed by atoms with E-state index >= 15 is 0 Å². The fourth-order valence-corrected chi connectivity index (χ4v) is 1.26. The summed E-state index contributed by atoms with van der Waals surface area (Å²) in [6, 6.07) is 8.18. The van der Waals surface area contributed by atoms with Gasteiger partial charge < -0.3 is 10.3 Å². The molecule has 1 aromatic carbocycles. The number of nitrogens with one attached hydrogen (secondary N) is 2. The molecule has 0 bridgehead atoms. The van der Waals surface area contributed by atoms with Crippen molar-refractivity contribution in [3.63, 3.8) is 0 Å². The second-order valence-corrected chi connectivity index (χ2v) is 2.63. The summed E-state index contributed by atoms with van der Waals surface area (Å²) in [6.07, 6.45) is 3.61. The highest BCUT2D eigenvalue weighted by Crippen LogP contribution is 2.17. The van der Waals surface area contributed by atoms with Gasteiger partial charge in [-0.25, -0.2) is 0 Å². The predicted molar refractivity (Wildman–Crippen MR) is 52.1 cm³/mol. The van der Waals surface area contributed by atoms with Crippen LogP contribution in [0.15, 0.2) is 43.2 Å². The smallest absolute Gasteiger partial charge is 0.0455 e. The topological polar surface area (TPSA) is 27.8 Å². The fraction of sp³-hybridized carbons (Fsp3) is 0. The van der Waals surface area contributed by atoms with Gasteiger partial charge in [0.2, 0.25) is 0 Å². The zero-order chi connectivity index (χ0) is 8.39. The molecule has 0 fully saturated rings. The Bertz CT molecular complexity index is 401. The number of aromatic nitrogens is 1. The monoisotopic (exact) mass is 158 g/mol. The van der Waals surface area contributed by atoms with Gasteiger partial charge in [-0.15, -0.1) is 0 Å². The van der Waals surface area contributed by atoms with Gasteiger partial charge in [-0.2, -0.15) is 0 Å². The SMILES string of the molecule is C=CNc1ccc2[nH]ccc2c1. The van der Waals surface area contributed by atoms with E-state index in [0.717, 1.165) is 11.2 Å². The van der Waals surface area contributed by atoms with E-state index in [1.807, 2.05) is 24.4 Å². The van der Waals surface area contributed by atoms with Crippen LogP contribution in [-0.4, -0.2) is 4.98 Å². The average Bonchev–Trinajstić information content (AvgIpc) is 2.51. The highest BCUT2D eigenvalue weighted by atomic mass is 14.8. The van der Waals surface area contributed by atoms with Crippen molar-refractivity contribution in [1.29, 1.82) is 0 Å². The van der Waals surface area contributed by atoms with E-state index in [1.165, 1.54) is 5.39 Å². The summed E-state index contributed by atoms with van der Waals surface area (Å²) >= 11 is 0. The maximum atomic E-state index is 3.60. The molecule has 0 atom stereocenters. The van der Waals surface area contributed by atoms with E-state index in [0.29, 0.717) is 0 Å². The Morgan fingerprint density at radius 1 is 1.33 bits per heavy atom. The Balaban J connectivity index is 2.52.